The van der Waals surface area contributed by atoms with Crippen molar-refractivity contribution < 1.29 is 18.8 Å². The molecular formula is C27H36BN3O4. The monoisotopic (exact) mass is 477 g/mol. The molecule has 1 saturated heterocycles. The molecule has 1 unspecified atom stereocenters. The molecule has 0 spiro atoms. The number of allylic oxidation sites excluding steroid dienone is 1. The van der Waals surface area contributed by atoms with Gasteiger partial charge < -0.3 is 14.0 Å². The third-order valence-corrected chi connectivity index (χ3v) is 6.81. The Morgan fingerprint density at radius 2 is 1.86 bits per heavy atom. The molecule has 0 saturated carbocycles. The van der Waals surface area contributed by atoms with Crippen molar-refractivity contribution in [2.45, 2.75) is 78.1 Å². The van der Waals surface area contributed by atoms with Crippen LogP contribution in [0.1, 0.15) is 66.0 Å². The lowest BCUT2D eigenvalue weighted by Crippen LogP contribution is -2.41. The van der Waals surface area contributed by atoms with Gasteiger partial charge in [0.2, 0.25) is 0 Å². The number of hydrogen-bond acceptors (Lipinski definition) is 6. The third kappa shape index (κ3) is 5.76. The van der Waals surface area contributed by atoms with Gasteiger partial charge in [0.15, 0.2) is 0 Å². The average molecular weight is 477 g/mol. The fourth-order valence-electron chi connectivity index (χ4n) is 4.31. The zero-order chi connectivity index (χ0) is 25.4. The summed E-state index contributed by atoms with van der Waals surface area (Å²) in [6, 6.07) is 5.95. The molecule has 2 aliphatic rings. The Morgan fingerprint density at radius 3 is 2.49 bits per heavy atom. The minimum absolute atomic E-state index is 0.221. The number of hydrogen-bond donors (Lipinski definition) is 0. The van der Waals surface area contributed by atoms with E-state index in [1.807, 2.05) is 66.8 Å². The van der Waals surface area contributed by atoms with Crippen LogP contribution in [0.5, 0.6) is 0 Å². The summed E-state index contributed by atoms with van der Waals surface area (Å²) >= 11 is 0. The fraction of sp³-hybridized carbons (Fsp3) is 0.519. The molecule has 0 bridgehead atoms. The molecule has 186 valence electrons. The zero-order valence-electron chi connectivity index (χ0n) is 21.9. The number of carbonyl (C=O) groups is 1. The summed E-state index contributed by atoms with van der Waals surface area (Å²) in [6.45, 7) is 14.4. The molecule has 0 aromatic carbocycles. The Hall–Kier alpha value is -2.71. The van der Waals surface area contributed by atoms with Gasteiger partial charge in [0, 0.05) is 42.4 Å². The van der Waals surface area contributed by atoms with E-state index in [0.29, 0.717) is 6.54 Å². The van der Waals surface area contributed by atoms with Gasteiger partial charge in [0.25, 0.3) is 0 Å². The molecule has 8 heteroatoms. The molecule has 0 N–H and O–H groups in total. The van der Waals surface area contributed by atoms with Crippen LogP contribution in [0.3, 0.4) is 0 Å². The summed E-state index contributed by atoms with van der Waals surface area (Å²) in [5.74, 6) is 0.221. The summed E-state index contributed by atoms with van der Waals surface area (Å²) in [5, 5.41) is 0. The zero-order valence-corrected chi connectivity index (χ0v) is 21.9. The Bertz CT molecular complexity index is 1080. The number of amides is 1. The summed E-state index contributed by atoms with van der Waals surface area (Å²) in [5.41, 5.74) is 2.35. The van der Waals surface area contributed by atoms with E-state index >= 15 is 0 Å². The molecule has 35 heavy (non-hydrogen) atoms. The minimum atomic E-state index is -0.578. The minimum Gasteiger partial charge on any atom is -0.443 e. The number of aromatic nitrogens is 2. The van der Waals surface area contributed by atoms with Crippen molar-refractivity contribution in [3.63, 3.8) is 0 Å². The van der Waals surface area contributed by atoms with Crippen molar-refractivity contribution >= 4 is 24.4 Å². The van der Waals surface area contributed by atoms with E-state index in [9.17, 15) is 4.79 Å². The largest absolute Gasteiger partial charge is 0.496 e. The van der Waals surface area contributed by atoms with Crippen molar-refractivity contribution in [3.8, 4) is 0 Å². The lowest BCUT2D eigenvalue weighted by molar-refractivity contribution is 0.00578. The van der Waals surface area contributed by atoms with E-state index in [2.05, 4.69) is 22.1 Å². The van der Waals surface area contributed by atoms with Crippen molar-refractivity contribution in [2.24, 2.45) is 5.92 Å². The van der Waals surface area contributed by atoms with Gasteiger partial charge in [-0.3, -0.25) is 14.9 Å². The third-order valence-electron chi connectivity index (χ3n) is 6.81. The number of pyridine rings is 2. The van der Waals surface area contributed by atoms with E-state index in [4.69, 9.17) is 14.0 Å². The quantitative estimate of drug-likeness (QED) is 0.599. The van der Waals surface area contributed by atoms with Crippen LogP contribution in [0.4, 0.5) is 4.79 Å². The molecule has 7 nitrogen and oxygen atoms in total. The maximum absolute atomic E-state index is 13.1. The molecule has 2 aromatic heterocycles. The van der Waals surface area contributed by atoms with E-state index in [-0.39, 0.29) is 12.0 Å². The van der Waals surface area contributed by atoms with E-state index in [0.717, 1.165) is 35.1 Å². The number of nitrogens with zero attached hydrogens (tertiary/aromatic N) is 3. The van der Waals surface area contributed by atoms with Crippen LogP contribution in [0.15, 0.2) is 49.1 Å². The normalized spacial score (nSPS) is 21.6. The van der Waals surface area contributed by atoms with Crippen LogP contribution < -0.4 is 5.46 Å². The van der Waals surface area contributed by atoms with Gasteiger partial charge >= 0.3 is 13.2 Å². The highest BCUT2D eigenvalue weighted by Gasteiger charge is 2.51. The SMILES string of the molecule is CC(C)(C)OC(=O)N1CC(Cc2cncc(B3OC(C)(C)C(C)(C)O3)c2)CC=C1c1cccnc1. The van der Waals surface area contributed by atoms with Crippen LogP contribution in [-0.4, -0.2) is 51.4 Å². The number of ether oxygens (including phenoxy) is 1. The summed E-state index contributed by atoms with van der Waals surface area (Å²) in [7, 11) is -0.450. The smallest absolute Gasteiger partial charge is 0.443 e. The Kier molecular flexibility index (Phi) is 6.81. The molecule has 1 atom stereocenters. The second-order valence-corrected chi connectivity index (χ2v) is 11.4. The van der Waals surface area contributed by atoms with E-state index in [1.165, 1.54) is 0 Å². The van der Waals surface area contributed by atoms with Gasteiger partial charge in [-0.2, -0.15) is 0 Å². The lowest BCUT2D eigenvalue weighted by atomic mass is 9.79. The molecule has 2 aliphatic heterocycles. The fourth-order valence-corrected chi connectivity index (χ4v) is 4.31. The molecule has 4 rings (SSSR count). The first-order valence-electron chi connectivity index (χ1n) is 12.3. The first-order valence-corrected chi connectivity index (χ1v) is 12.3. The Balaban J connectivity index is 1.53. The summed E-state index contributed by atoms with van der Waals surface area (Å²) < 4.78 is 18.1. The van der Waals surface area contributed by atoms with Crippen molar-refractivity contribution in [1.29, 1.82) is 0 Å². The number of rotatable bonds is 4. The molecule has 1 amide bonds. The Morgan fingerprint density at radius 1 is 1.14 bits per heavy atom. The highest BCUT2D eigenvalue weighted by molar-refractivity contribution is 6.62. The first-order chi connectivity index (χ1) is 16.3. The highest BCUT2D eigenvalue weighted by Crippen LogP contribution is 2.36. The number of carbonyl (C=O) groups excluding carboxylic acids is 1. The lowest BCUT2D eigenvalue weighted by Gasteiger charge is -2.35. The average Bonchev–Trinajstić information content (AvgIpc) is 3.00. The first kappa shape index (κ1) is 25.4. The van der Waals surface area contributed by atoms with Gasteiger partial charge in [-0.25, -0.2) is 4.79 Å². The van der Waals surface area contributed by atoms with Gasteiger partial charge in [0.05, 0.1) is 16.9 Å². The molecule has 0 aliphatic carbocycles. The van der Waals surface area contributed by atoms with Crippen LogP contribution in [0.2, 0.25) is 0 Å². The highest BCUT2D eigenvalue weighted by atomic mass is 16.7. The summed E-state index contributed by atoms with van der Waals surface area (Å²) in [6.07, 6.45) is 10.6. The van der Waals surface area contributed by atoms with Gasteiger partial charge in [-0.15, -0.1) is 0 Å². The van der Waals surface area contributed by atoms with Crippen LogP contribution in [0, 0.1) is 5.92 Å². The molecule has 1 fully saturated rings. The Labute approximate surface area is 209 Å². The van der Waals surface area contributed by atoms with Crippen LogP contribution in [-0.2, 0) is 20.5 Å². The van der Waals surface area contributed by atoms with Gasteiger partial charge in [-0.05, 0) is 84.9 Å². The standard InChI is InChI=1S/C27H36BN3O4/c1-25(2,3)33-24(32)31-18-19(10-11-23(31)21-9-8-12-29-16-21)13-20-14-22(17-30-15-20)28-34-26(4,5)27(6,7)35-28/h8-9,11-12,14-17,19H,10,13,18H2,1-7H3. The topological polar surface area (TPSA) is 73.8 Å². The molecular weight excluding hydrogens is 441 g/mol. The maximum Gasteiger partial charge on any atom is 0.496 e. The summed E-state index contributed by atoms with van der Waals surface area (Å²) in [4.78, 5) is 23.6. The van der Waals surface area contributed by atoms with Crippen molar-refractivity contribution in [3.05, 3.63) is 60.2 Å². The predicted octanol–water partition coefficient (Wildman–Crippen LogP) is 4.62. The second-order valence-electron chi connectivity index (χ2n) is 11.4. The van der Waals surface area contributed by atoms with Crippen molar-refractivity contribution in [2.75, 3.05) is 6.54 Å². The van der Waals surface area contributed by atoms with Crippen LogP contribution in [0.25, 0.3) is 5.70 Å². The van der Waals surface area contributed by atoms with Crippen LogP contribution >= 0.6 is 0 Å². The molecule has 2 aromatic rings. The van der Waals surface area contributed by atoms with Gasteiger partial charge in [-0.1, -0.05) is 12.1 Å². The van der Waals surface area contributed by atoms with Crippen molar-refractivity contribution in [1.82, 2.24) is 14.9 Å². The van der Waals surface area contributed by atoms with Gasteiger partial charge in [0.1, 0.15) is 5.60 Å². The second kappa shape index (κ2) is 9.39. The van der Waals surface area contributed by atoms with E-state index < -0.39 is 23.9 Å². The molecule has 0 radical (unpaired) electrons. The maximum atomic E-state index is 13.1. The van der Waals surface area contributed by atoms with E-state index in [1.54, 1.807) is 23.5 Å². The predicted molar refractivity (Wildman–Crippen MR) is 137 cm³/mol. The molecule has 4 heterocycles.